The van der Waals surface area contributed by atoms with Crippen LogP contribution in [0.2, 0.25) is 0 Å². The van der Waals surface area contributed by atoms with Crippen LogP contribution in [0.3, 0.4) is 0 Å². The van der Waals surface area contributed by atoms with Gasteiger partial charge in [-0.2, -0.15) is 0 Å². The van der Waals surface area contributed by atoms with Crippen molar-refractivity contribution in [2.24, 2.45) is 0 Å². The Kier molecular flexibility index (Phi) is 60.8. The second-order valence-electron chi connectivity index (χ2n) is 24.3. The number of likely N-dealkylation sites (N-methyl/N-ethyl adjacent to an activating group) is 1. The Balaban J connectivity index is 5.21. The molecule has 0 aromatic heterocycles. The van der Waals surface area contributed by atoms with Crippen LogP contribution in [0.15, 0.2) is 122 Å². The Morgan fingerprint density at radius 3 is 1.16 bits per heavy atom. The zero-order valence-corrected chi connectivity index (χ0v) is 56.7. The van der Waals surface area contributed by atoms with Gasteiger partial charge in [0.05, 0.1) is 33.8 Å². The number of ether oxygens (including phenoxy) is 1. The molecule has 85 heavy (non-hydrogen) atoms. The third-order valence-electron chi connectivity index (χ3n) is 14.9. The fourth-order valence-corrected chi connectivity index (χ4v) is 10.3. The van der Waals surface area contributed by atoms with Crippen LogP contribution >= 0.6 is 7.82 Å². The summed E-state index contributed by atoms with van der Waals surface area (Å²) in [7, 11) is 1.45. The van der Waals surface area contributed by atoms with Crippen LogP contribution < -0.4 is 5.32 Å². The molecule has 0 spiro atoms. The summed E-state index contributed by atoms with van der Waals surface area (Å²) in [5.41, 5.74) is 0. The SMILES string of the molecule is CC/C=C\C/C=C\C/C=C\C/C=C\C/C=C\C/C=C\CCCCC(=O)NC(COP(=O)(O)OCC[N+](C)(C)C)C(/C=C/CCCCCCCCCCCCC)OC(=O)CCCCCCCCCCCCCC/C=C\C/C=C\C/C=C\CCCCC. The number of carbonyl (C=O) groups is 2. The van der Waals surface area contributed by atoms with Crippen LogP contribution in [-0.2, 0) is 27.9 Å². The van der Waals surface area contributed by atoms with Gasteiger partial charge in [0.25, 0.3) is 0 Å². The van der Waals surface area contributed by atoms with E-state index in [-0.39, 0.29) is 37.9 Å². The predicted octanol–water partition coefficient (Wildman–Crippen LogP) is 22.2. The highest BCUT2D eigenvalue weighted by atomic mass is 31.2. The summed E-state index contributed by atoms with van der Waals surface area (Å²) in [5.74, 6) is -0.559. The van der Waals surface area contributed by atoms with Crippen LogP contribution in [-0.4, -0.2) is 74.3 Å². The smallest absolute Gasteiger partial charge is 0.456 e. The van der Waals surface area contributed by atoms with Crippen molar-refractivity contribution in [1.82, 2.24) is 5.32 Å². The molecule has 10 heteroatoms. The van der Waals surface area contributed by atoms with E-state index in [9.17, 15) is 19.0 Å². The zero-order chi connectivity index (χ0) is 62.1. The highest BCUT2D eigenvalue weighted by Gasteiger charge is 2.30. The lowest BCUT2D eigenvalue weighted by molar-refractivity contribution is -0.870. The van der Waals surface area contributed by atoms with Gasteiger partial charge in [0.2, 0.25) is 5.91 Å². The molecule has 0 fully saturated rings. The van der Waals surface area contributed by atoms with Gasteiger partial charge < -0.3 is 19.4 Å². The number of allylic oxidation sites excluding steroid dienone is 19. The van der Waals surface area contributed by atoms with Crippen molar-refractivity contribution in [3.05, 3.63) is 122 Å². The molecule has 9 nitrogen and oxygen atoms in total. The molecule has 488 valence electrons. The molecule has 0 aromatic carbocycles. The molecule has 0 rings (SSSR count). The molecule has 3 atom stereocenters. The maximum atomic E-state index is 13.6. The van der Waals surface area contributed by atoms with Crippen molar-refractivity contribution in [3.8, 4) is 0 Å². The third kappa shape index (κ3) is 64.7. The standard InChI is InChI=1S/C75H131N2O7P/c1-7-10-13-16-19-22-25-28-30-32-34-36-37-38-39-41-43-45-47-50-53-56-59-62-65-68-75(79)84-73(66-63-60-57-54-51-48-27-24-21-18-15-12-9-3)72(71-83-85(80,81)82-70-69-77(4,5)6)76-74(78)67-64-61-58-55-52-49-46-44-42-40-35-33-31-29-26-23-20-17-14-11-8-2/h11,14,19-20,22-23,28-31,34-36,40,44,46,52,55,63,66,72-73H,7-10,12-13,15-18,21,24-27,32-33,37-39,41-43,45,47-51,53-54,56-62,64-65,67-71H2,1-6H3,(H-,76,78,80,81)/p+1/b14-11-,22-19-,23-20-,30-28-,31-29-,36-34-,40-35-,46-44-,55-52-,66-63+. The number of hydrogen-bond acceptors (Lipinski definition) is 6. The van der Waals surface area contributed by atoms with E-state index in [1.165, 1.54) is 148 Å². The van der Waals surface area contributed by atoms with E-state index in [0.717, 1.165) is 103 Å². The van der Waals surface area contributed by atoms with Crippen LogP contribution in [0.1, 0.15) is 290 Å². The summed E-state index contributed by atoms with van der Waals surface area (Å²) < 4.78 is 30.8. The number of hydrogen-bond donors (Lipinski definition) is 2. The van der Waals surface area contributed by atoms with Gasteiger partial charge in [0.1, 0.15) is 19.3 Å². The Morgan fingerprint density at radius 2 is 0.753 bits per heavy atom. The van der Waals surface area contributed by atoms with Gasteiger partial charge in [-0.1, -0.05) is 277 Å². The van der Waals surface area contributed by atoms with E-state index in [1.807, 2.05) is 33.3 Å². The molecule has 0 aromatic rings. The Hall–Kier alpha value is -3.59. The first-order valence-electron chi connectivity index (χ1n) is 34.9. The molecule has 3 unspecified atom stereocenters. The number of phosphoric acid groups is 1. The molecular formula is C75H132N2O7P+. The number of quaternary nitrogens is 1. The van der Waals surface area contributed by atoms with E-state index in [4.69, 9.17) is 13.8 Å². The largest absolute Gasteiger partial charge is 0.472 e. The van der Waals surface area contributed by atoms with Gasteiger partial charge >= 0.3 is 13.8 Å². The van der Waals surface area contributed by atoms with E-state index < -0.39 is 20.0 Å². The maximum absolute atomic E-state index is 13.6. The third-order valence-corrected chi connectivity index (χ3v) is 15.9. The normalized spacial score (nSPS) is 14.3. The Bertz CT molecular complexity index is 1870. The highest BCUT2D eigenvalue weighted by molar-refractivity contribution is 7.47. The van der Waals surface area contributed by atoms with E-state index >= 15 is 0 Å². The first kappa shape index (κ1) is 81.4. The van der Waals surface area contributed by atoms with Crippen molar-refractivity contribution in [2.75, 3.05) is 40.9 Å². The Labute approximate surface area is 524 Å². The van der Waals surface area contributed by atoms with Gasteiger partial charge in [-0.3, -0.25) is 18.6 Å². The van der Waals surface area contributed by atoms with Gasteiger partial charge in [-0.15, -0.1) is 0 Å². The minimum atomic E-state index is -4.48. The van der Waals surface area contributed by atoms with Crippen LogP contribution in [0.25, 0.3) is 0 Å². The van der Waals surface area contributed by atoms with Gasteiger partial charge in [0.15, 0.2) is 0 Å². The first-order valence-corrected chi connectivity index (χ1v) is 36.4. The molecule has 0 saturated heterocycles. The number of nitrogens with one attached hydrogen (secondary N) is 1. The molecule has 2 N–H and O–H groups in total. The van der Waals surface area contributed by atoms with Crippen molar-refractivity contribution in [2.45, 2.75) is 303 Å². The van der Waals surface area contributed by atoms with Crippen molar-refractivity contribution in [3.63, 3.8) is 0 Å². The molecule has 0 radical (unpaired) electrons. The van der Waals surface area contributed by atoms with Crippen molar-refractivity contribution in [1.29, 1.82) is 0 Å². The average Bonchev–Trinajstić information content (AvgIpc) is 3.50. The number of unbranched alkanes of at least 4 members (excludes halogenated alkanes) is 28. The summed E-state index contributed by atoms with van der Waals surface area (Å²) in [6, 6.07) is -0.881. The van der Waals surface area contributed by atoms with Gasteiger partial charge in [0, 0.05) is 12.8 Å². The van der Waals surface area contributed by atoms with Crippen molar-refractivity contribution < 1.29 is 37.3 Å². The summed E-state index contributed by atoms with van der Waals surface area (Å²) in [5, 5.41) is 3.04. The minimum Gasteiger partial charge on any atom is -0.456 e. The average molecular weight is 1200 g/mol. The first-order chi connectivity index (χ1) is 41.4. The maximum Gasteiger partial charge on any atom is 0.472 e. The second kappa shape index (κ2) is 63.4. The number of carbonyl (C=O) groups excluding carboxylic acids is 2. The lowest BCUT2D eigenvalue weighted by Crippen LogP contribution is -2.47. The lowest BCUT2D eigenvalue weighted by Gasteiger charge is -2.27. The number of nitrogens with zero attached hydrogens (tertiary/aromatic N) is 1. The Morgan fingerprint density at radius 1 is 0.424 bits per heavy atom. The number of rotatable bonds is 62. The molecule has 0 aliphatic heterocycles. The molecule has 0 heterocycles. The highest BCUT2D eigenvalue weighted by Crippen LogP contribution is 2.43. The quantitative estimate of drug-likeness (QED) is 0.0205. The number of phosphoric ester groups is 1. The van der Waals surface area contributed by atoms with E-state index in [1.54, 1.807) is 0 Å². The molecular weight excluding hydrogens is 1070 g/mol. The van der Waals surface area contributed by atoms with Crippen LogP contribution in [0, 0.1) is 0 Å². The van der Waals surface area contributed by atoms with E-state index in [2.05, 4.69) is 135 Å². The summed E-state index contributed by atoms with van der Waals surface area (Å²) in [4.78, 5) is 37.9. The topological polar surface area (TPSA) is 111 Å². The minimum absolute atomic E-state index is 0.0257. The predicted molar refractivity (Wildman–Crippen MR) is 369 cm³/mol. The zero-order valence-electron chi connectivity index (χ0n) is 55.8. The summed E-state index contributed by atoms with van der Waals surface area (Å²) in [6.45, 7) is 6.84. The summed E-state index contributed by atoms with van der Waals surface area (Å²) in [6.07, 6.45) is 89.2. The molecule has 1 amide bonds. The second-order valence-corrected chi connectivity index (χ2v) is 25.8. The lowest BCUT2D eigenvalue weighted by atomic mass is 10.0. The number of amides is 1. The molecule has 0 aliphatic rings. The van der Waals surface area contributed by atoms with Crippen LogP contribution in [0.4, 0.5) is 0 Å². The van der Waals surface area contributed by atoms with Crippen molar-refractivity contribution >= 4 is 19.7 Å². The molecule has 0 aliphatic carbocycles. The molecule has 0 saturated carbocycles. The van der Waals surface area contributed by atoms with Gasteiger partial charge in [-0.25, -0.2) is 4.57 Å². The fourth-order valence-electron chi connectivity index (χ4n) is 9.54. The summed E-state index contributed by atoms with van der Waals surface area (Å²) >= 11 is 0. The number of esters is 1. The van der Waals surface area contributed by atoms with Crippen LogP contribution in [0.5, 0.6) is 0 Å². The molecule has 0 bridgehead atoms. The van der Waals surface area contributed by atoms with E-state index in [0.29, 0.717) is 17.4 Å². The van der Waals surface area contributed by atoms with Gasteiger partial charge in [-0.05, 0) is 122 Å². The monoisotopic (exact) mass is 1200 g/mol. The fraction of sp³-hybridized carbons (Fsp3) is 0.707.